The number of ether oxygens (including phenoxy) is 1. The molecule has 7 heteroatoms. The van der Waals surface area contributed by atoms with E-state index < -0.39 is 23.6 Å². The van der Waals surface area contributed by atoms with Gasteiger partial charge in [-0.15, -0.1) is 0 Å². The first kappa shape index (κ1) is 17.4. The van der Waals surface area contributed by atoms with Gasteiger partial charge in [-0.1, -0.05) is 0 Å². The standard InChI is InChI=1S/C17H16F2N2O3/c1-10(24-14-7-8-15(18)16(19)9-14)17(23)21-13-5-3-12(4-6-13)20-11(2)22/h3-10H,1-2H3,(H,20,22)(H,21,23)/t10-/m0/s1. The molecule has 0 saturated carbocycles. The molecule has 0 fully saturated rings. The number of benzene rings is 2. The summed E-state index contributed by atoms with van der Waals surface area (Å²) in [5.74, 6) is -2.63. The van der Waals surface area contributed by atoms with Crippen LogP contribution in [0.4, 0.5) is 20.2 Å². The number of halogens is 2. The second kappa shape index (κ2) is 7.54. The first-order chi connectivity index (χ1) is 11.3. The molecular formula is C17H16F2N2O3. The van der Waals surface area contributed by atoms with E-state index in [1.807, 2.05) is 0 Å². The van der Waals surface area contributed by atoms with Crippen molar-refractivity contribution in [3.63, 3.8) is 0 Å². The lowest BCUT2D eigenvalue weighted by atomic mass is 10.2. The van der Waals surface area contributed by atoms with Gasteiger partial charge in [0.15, 0.2) is 17.7 Å². The maximum atomic E-state index is 13.1. The third-order valence-corrected chi connectivity index (χ3v) is 3.05. The predicted molar refractivity (Wildman–Crippen MR) is 85.8 cm³/mol. The summed E-state index contributed by atoms with van der Waals surface area (Å²) in [6.45, 7) is 2.88. The van der Waals surface area contributed by atoms with Gasteiger partial charge in [0.25, 0.3) is 5.91 Å². The number of hydrogen-bond donors (Lipinski definition) is 2. The quantitative estimate of drug-likeness (QED) is 0.881. The average Bonchev–Trinajstić information content (AvgIpc) is 2.52. The number of carbonyl (C=O) groups is 2. The molecule has 2 aromatic carbocycles. The van der Waals surface area contributed by atoms with Gasteiger partial charge in [-0.05, 0) is 43.3 Å². The van der Waals surface area contributed by atoms with Gasteiger partial charge in [0.1, 0.15) is 5.75 Å². The first-order valence-corrected chi connectivity index (χ1v) is 7.15. The summed E-state index contributed by atoms with van der Waals surface area (Å²) in [4.78, 5) is 23.0. The Bertz CT molecular complexity index is 748. The molecule has 2 aromatic rings. The zero-order valence-electron chi connectivity index (χ0n) is 13.1. The van der Waals surface area contributed by atoms with E-state index in [-0.39, 0.29) is 11.7 Å². The summed E-state index contributed by atoms with van der Waals surface area (Å²) in [6.07, 6.45) is -0.912. The molecule has 126 valence electrons. The second-order valence-electron chi connectivity index (χ2n) is 5.08. The molecular weight excluding hydrogens is 318 g/mol. The summed E-state index contributed by atoms with van der Waals surface area (Å²) in [6, 6.07) is 9.55. The van der Waals surface area contributed by atoms with Crippen molar-refractivity contribution in [1.29, 1.82) is 0 Å². The van der Waals surface area contributed by atoms with Gasteiger partial charge in [0.2, 0.25) is 5.91 Å². The molecule has 0 radical (unpaired) electrons. The van der Waals surface area contributed by atoms with Crippen LogP contribution in [0.25, 0.3) is 0 Å². The molecule has 0 aliphatic carbocycles. The van der Waals surface area contributed by atoms with Crippen molar-refractivity contribution < 1.29 is 23.1 Å². The number of hydrogen-bond acceptors (Lipinski definition) is 3. The van der Waals surface area contributed by atoms with Crippen LogP contribution in [0.3, 0.4) is 0 Å². The van der Waals surface area contributed by atoms with Crippen molar-refractivity contribution in [1.82, 2.24) is 0 Å². The third-order valence-electron chi connectivity index (χ3n) is 3.05. The number of anilines is 2. The van der Waals surface area contributed by atoms with Gasteiger partial charge in [-0.3, -0.25) is 9.59 Å². The Hall–Kier alpha value is -2.96. The van der Waals surface area contributed by atoms with Gasteiger partial charge in [0.05, 0.1) is 0 Å². The van der Waals surface area contributed by atoms with E-state index in [0.29, 0.717) is 11.4 Å². The predicted octanol–water partition coefficient (Wildman–Crippen LogP) is 3.33. The minimum absolute atomic E-state index is 0.0533. The normalized spacial score (nSPS) is 11.5. The fourth-order valence-corrected chi connectivity index (χ4v) is 1.89. The monoisotopic (exact) mass is 334 g/mol. The molecule has 2 N–H and O–H groups in total. The smallest absolute Gasteiger partial charge is 0.265 e. The summed E-state index contributed by atoms with van der Waals surface area (Å²) in [5, 5.41) is 5.23. The van der Waals surface area contributed by atoms with Gasteiger partial charge in [-0.25, -0.2) is 8.78 Å². The third kappa shape index (κ3) is 4.77. The van der Waals surface area contributed by atoms with Gasteiger partial charge < -0.3 is 15.4 Å². The number of nitrogens with one attached hydrogen (secondary N) is 2. The minimum Gasteiger partial charge on any atom is -0.481 e. The van der Waals surface area contributed by atoms with Crippen molar-refractivity contribution in [3.05, 3.63) is 54.1 Å². The van der Waals surface area contributed by atoms with Crippen LogP contribution in [0.5, 0.6) is 5.75 Å². The zero-order valence-corrected chi connectivity index (χ0v) is 13.1. The van der Waals surface area contributed by atoms with E-state index in [2.05, 4.69) is 10.6 Å². The van der Waals surface area contributed by atoms with Crippen molar-refractivity contribution in [2.75, 3.05) is 10.6 Å². The lowest BCUT2D eigenvalue weighted by Gasteiger charge is -2.15. The molecule has 2 rings (SSSR count). The maximum Gasteiger partial charge on any atom is 0.265 e. The summed E-state index contributed by atoms with van der Waals surface area (Å²) in [7, 11) is 0. The van der Waals surface area contributed by atoms with Crippen molar-refractivity contribution in [2.45, 2.75) is 20.0 Å². The Kier molecular flexibility index (Phi) is 5.47. The number of rotatable bonds is 5. The summed E-state index contributed by atoms with van der Waals surface area (Å²) >= 11 is 0. The van der Waals surface area contributed by atoms with E-state index in [9.17, 15) is 18.4 Å². The first-order valence-electron chi connectivity index (χ1n) is 7.15. The van der Waals surface area contributed by atoms with Crippen LogP contribution in [0.2, 0.25) is 0 Å². The molecule has 0 saturated heterocycles. The average molecular weight is 334 g/mol. The fourth-order valence-electron chi connectivity index (χ4n) is 1.89. The summed E-state index contributed by atoms with van der Waals surface area (Å²) < 4.78 is 31.3. The molecule has 2 amide bonds. The molecule has 0 bridgehead atoms. The van der Waals surface area contributed by atoms with E-state index in [1.165, 1.54) is 19.9 Å². The summed E-state index contributed by atoms with van der Waals surface area (Å²) in [5.41, 5.74) is 1.11. The maximum absolute atomic E-state index is 13.1. The van der Waals surface area contributed by atoms with E-state index in [0.717, 1.165) is 12.1 Å². The van der Waals surface area contributed by atoms with Crippen molar-refractivity contribution in [3.8, 4) is 5.75 Å². The SMILES string of the molecule is CC(=O)Nc1ccc(NC(=O)[C@H](C)Oc2ccc(F)c(F)c2)cc1. The molecule has 1 atom stereocenters. The Balaban J connectivity index is 1.95. The lowest BCUT2D eigenvalue weighted by molar-refractivity contribution is -0.122. The Morgan fingerprint density at radius 2 is 1.54 bits per heavy atom. The van der Waals surface area contributed by atoms with Crippen LogP contribution in [-0.4, -0.2) is 17.9 Å². The van der Waals surface area contributed by atoms with Crippen LogP contribution >= 0.6 is 0 Å². The minimum atomic E-state index is -1.05. The van der Waals surface area contributed by atoms with Gasteiger partial charge >= 0.3 is 0 Å². The highest BCUT2D eigenvalue weighted by molar-refractivity contribution is 5.94. The second-order valence-corrected chi connectivity index (χ2v) is 5.08. The highest BCUT2D eigenvalue weighted by atomic mass is 19.2. The number of amides is 2. The van der Waals surface area contributed by atoms with E-state index >= 15 is 0 Å². The van der Waals surface area contributed by atoms with Crippen LogP contribution in [0.15, 0.2) is 42.5 Å². The molecule has 0 unspecified atom stereocenters. The molecule has 0 aliphatic rings. The molecule has 24 heavy (non-hydrogen) atoms. The molecule has 0 heterocycles. The highest BCUT2D eigenvalue weighted by Gasteiger charge is 2.16. The Labute approximate surface area is 137 Å². The van der Waals surface area contributed by atoms with Crippen LogP contribution in [0.1, 0.15) is 13.8 Å². The topological polar surface area (TPSA) is 67.4 Å². The Morgan fingerprint density at radius 3 is 2.08 bits per heavy atom. The van der Waals surface area contributed by atoms with E-state index in [4.69, 9.17) is 4.74 Å². The zero-order chi connectivity index (χ0) is 17.7. The van der Waals surface area contributed by atoms with Crippen LogP contribution < -0.4 is 15.4 Å². The van der Waals surface area contributed by atoms with Crippen LogP contribution in [-0.2, 0) is 9.59 Å². The van der Waals surface area contributed by atoms with Crippen molar-refractivity contribution in [2.24, 2.45) is 0 Å². The molecule has 5 nitrogen and oxygen atoms in total. The Morgan fingerprint density at radius 1 is 0.958 bits per heavy atom. The fraction of sp³-hybridized carbons (Fsp3) is 0.176. The van der Waals surface area contributed by atoms with Crippen molar-refractivity contribution >= 4 is 23.2 Å². The largest absolute Gasteiger partial charge is 0.481 e. The van der Waals surface area contributed by atoms with Gasteiger partial charge in [0, 0.05) is 24.4 Å². The number of carbonyl (C=O) groups excluding carboxylic acids is 2. The molecule has 0 spiro atoms. The molecule has 0 aromatic heterocycles. The van der Waals surface area contributed by atoms with Crippen LogP contribution in [0, 0.1) is 11.6 Å². The highest BCUT2D eigenvalue weighted by Crippen LogP contribution is 2.18. The lowest BCUT2D eigenvalue weighted by Crippen LogP contribution is -2.30. The molecule has 0 aliphatic heterocycles. The van der Waals surface area contributed by atoms with Gasteiger partial charge in [-0.2, -0.15) is 0 Å². The van der Waals surface area contributed by atoms with E-state index in [1.54, 1.807) is 24.3 Å².